The van der Waals surface area contributed by atoms with E-state index in [4.69, 9.17) is 9.47 Å². The Hall–Kier alpha value is -2.76. The molecule has 0 radical (unpaired) electrons. The first-order valence-electron chi connectivity index (χ1n) is 16.0. The van der Waals surface area contributed by atoms with Crippen molar-refractivity contribution >= 4 is 11.8 Å². The third kappa shape index (κ3) is 13.2. The van der Waals surface area contributed by atoms with Crippen LogP contribution in [0.2, 0.25) is 0 Å². The Morgan fingerprint density at radius 1 is 0.732 bits per heavy atom. The molecule has 0 spiro atoms. The van der Waals surface area contributed by atoms with Gasteiger partial charge in [0.15, 0.2) is 5.78 Å². The van der Waals surface area contributed by atoms with Crippen LogP contribution in [0.3, 0.4) is 0 Å². The molecule has 0 saturated heterocycles. The highest BCUT2D eigenvalue weighted by Crippen LogP contribution is 2.26. The van der Waals surface area contributed by atoms with Crippen LogP contribution in [0.15, 0.2) is 36.7 Å². The molecule has 2 rings (SSSR count). The molecular formula is C35H54N2O4. The maximum absolute atomic E-state index is 12.7. The highest BCUT2D eigenvalue weighted by Gasteiger charge is 2.22. The van der Waals surface area contributed by atoms with E-state index in [1.165, 1.54) is 70.2 Å². The molecule has 6 heteroatoms. The summed E-state index contributed by atoms with van der Waals surface area (Å²) in [4.78, 5) is 33.3. The number of ether oxygens (including phenoxy) is 2. The lowest BCUT2D eigenvalue weighted by Crippen LogP contribution is -2.20. The molecule has 41 heavy (non-hydrogen) atoms. The molecule has 0 bridgehead atoms. The fourth-order valence-electron chi connectivity index (χ4n) is 4.91. The van der Waals surface area contributed by atoms with E-state index in [0.717, 1.165) is 24.5 Å². The molecule has 1 aromatic carbocycles. The Kier molecular flexibility index (Phi) is 16.3. The predicted molar refractivity (Wildman–Crippen MR) is 167 cm³/mol. The van der Waals surface area contributed by atoms with Crippen molar-refractivity contribution in [3.8, 4) is 11.5 Å². The third-order valence-corrected chi connectivity index (χ3v) is 8.69. The van der Waals surface area contributed by atoms with Gasteiger partial charge in [-0.05, 0) is 54.4 Å². The lowest BCUT2D eigenvalue weighted by atomic mass is 9.81. The Bertz CT molecular complexity index is 1010. The molecule has 2 aromatic rings. The van der Waals surface area contributed by atoms with Gasteiger partial charge in [0.1, 0.15) is 11.5 Å². The minimum absolute atomic E-state index is 0.00830. The normalized spacial score (nSPS) is 14.2. The summed E-state index contributed by atoms with van der Waals surface area (Å²) >= 11 is 0. The number of carbonyl (C=O) groups is 2. The predicted octanol–water partition coefficient (Wildman–Crippen LogP) is 9.52. The first kappa shape index (κ1) is 34.4. The van der Waals surface area contributed by atoms with E-state index in [1.807, 2.05) is 0 Å². The molecule has 0 fully saturated rings. The van der Waals surface area contributed by atoms with Crippen LogP contribution >= 0.6 is 0 Å². The monoisotopic (exact) mass is 566 g/mol. The second kappa shape index (κ2) is 19.4. The van der Waals surface area contributed by atoms with Gasteiger partial charge in [-0.3, -0.25) is 4.79 Å². The molecule has 0 N–H and O–H groups in total. The summed E-state index contributed by atoms with van der Waals surface area (Å²) < 4.78 is 11.3. The SMILES string of the molecule is CCC(C)CCCCCCCCCCOc1ccc(OC(=O)c2ncc(C(=O)CC(C)C(C)C(C)CC)cn2)cc1. The van der Waals surface area contributed by atoms with E-state index in [-0.39, 0.29) is 17.5 Å². The van der Waals surface area contributed by atoms with Crippen LogP contribution in [-0.4, -0.2) is 28.3 Å². The number of Topliss-reactive ketones (excluding diaryl/α,β-unsaturated/α-hetero) is 1. The molecule has 0 aliphatic carbocycles. The van der Waals surface area contributed by atoms with Crippen LogP contribution in [0.4, 0.5) is 0 Å². The van der Waals surface area contributed by atoms with Gasteiger partial charge in [0.25, 0.3) is 0 Å². The van der Waals surface area contributed by atoms with E-state index in [2.05, 4.69) is 51.5 Å². The van der Waals surface area contributed by atoms with Crippen molar-refractivity contribution in [2.24, 2.45) is 23.7 Å². The van der Waals surface area contributed by atoms with E-state index < -0.39 is 5.97 Å². The fourth-order valence-corrected chi connectivity index (χ4v) is 4.91. The first-order valence-corrected chi connectivity index (χ1v) is 16.0. The van der Waals surface area contributed by atoms with Crippen molar-refractivity contribution in [3.63, 3.8) is 0 Å². The summed E-state index contributed by atoms with van der Waals surface area (Å²) in [5.74, 6) is 2.55. The number of hydrogen-bond donors (Lipinski definition) is 0. The Morgan fingerprint density at radius 3 is 1.88 bits per heavy atom. The van der Waals surface area contributed by atoms with Gasteiger partial charge in [0, 0.05) is 18.8 Å². The number of esters is 1. The maximum atomic E-state index is 12.7. The zero-order chi connectivity index (χ0) is 30.0. The second-order valence-electron chi connectivity index (χ2n) is 12.0. The van der Waals surface area contributed by atoms with Gasteiger partial charge in [0.05, 0.1) is 12.2 Å². The van der Waals surface area contributed by atoms with Crippen molar-refractivity contribution in [2.75, 3.05) is 6.61 Å². The summed E-state index contributed by atoms with van der Waals surface area (Å²) in [6.07, 6.45) is 17.3. The van der Waals surface area contributed by atoms with E-state index in [1.54, 1.807) is 24.3 Å². The maximum Gasteiger partial charge on any atom is 0.381 e. The number of ketones is 1. The average molecular weight is 567 g/mol. The number of unbranched alkanes of at least 4 members (excludes halogenated alkanes) is 7. The Balaban J connectivity index is 1.65. The lowest BCUT2D eigenvalue weighted by molar-refractivity contribution is 0.0720. The molecule has 1 heterocycles. The van der Waals surface area contributed by atoms with Crippen LogP contribution in [0.5, 0.6) is 11.5 Å². The zero-order valence-corrected chi connectivity index (χ0v) is 26.5. The molecule has 4 unspecified atom stereocenters. The molecule has 0 amide bonds. The minimum Gasteiger partial charge on any atom is -0.494 e. The summed E-state index contributed by atoms with van der Waals surface area (Å²) in [5, 5.41) is 0. The van der Waals surface area contributed by atoms with Gasteiger partial charge >= 0.3 is 5.97 Å². The van der Waals surface area contributed by atoms with Crippen molar-refractivity contribution in [1.29, 1.82) is 0 Å². The third-order valence-electron chi connectivity index (χ3n) is 8.69. The summed E-state index contributed by atoms with van der Waals surface area (Å²) in [6, 6.07) is 7.00. The largest absolute Gasteiger partial charge is 0.494 e. The fraction of sp³-hybridized carbons (Fsp3) is 0.657. The number of rotatable bonds is 21. The van der Waals surface area contributed by atoms with Gasteiger partial charge in [-0.15, -0.1) is 0 Å². The number of nitrogens with zero attached hydrogens (tertiary/aromatic N) is 2. The number of carbonyl (C=O) groups excluding carboxylic acids is 2. The summed E-state index contributed by atoms with van der Waals surface area (Å²) in [6.45, 7) is 14.0. The van der Waals surface area contributed by atoms with Crippen molar-refractivity contribution < 1.29 is 19.1 Å². The Morgan fingerprint density at radius 2 is 1.29 bits per heavy atom. The van der Waals surface area contributed by atoms with Crippen LogP contribution in [0, 0.1) is 23.7 Å². The van der Waals surface area contributed by atoms with Crippen molar-refractivity contribution in [2.45, 2.75) is 119 Å². The van der Waals surface area contributed by atoms with E-state index >= 15 is 0 Å². The first-order chi connectivity index (χ1) is 19.7. The van der Waals surface area contributed by atoms with Crippen molar-refractivity contribution in [3.05, 3.63) is 48.0 Å². The molecule has 4 atom stereocenters. The number of benzene rings is 1. The molecule has 0 aliphatic rings. The van der Waals surface area contributed by atoms with Crippen LogP contribution in [0.1, 0.15) is 140 Å². The smallest absolute Gasteiger partial charge is 0.381 e. The Labute approximate surface area is 249 Å². The van der Waals surface area contributed by atoms with E-state index in [0.29, 0.717) is 36.2 Å². The van der Waals surface area contributed by atoms with E-state index in [9.17, 15) is 9.59 Å². The molecule has 1 aromatic heterocycles. The molecule has 6 nitrogen and oxygen atoms in total. The molecular weight excluding hydrogens is 512 g/mol. The quantitative estimate of drug-likeness (QED) is 0.0648. The minimum atomic E-state index is -0.660. The summed E-state index contributed by atoms with van der Waals surface area (Å²) in [5.41, 5.74) is 0.416. The van der Waals surface area contributed by atoms with Crippen LogP contribution < -0.4 is 9.47 Å². The summed E-state index contributed by atoms with van der Waals surface area (Å²) in [7, 11) is 0. The standard InChI is InChI=1S/C35H54N2O4/c1-7-26(3)17-15-13-11-9-10-12-14-16-22-40-31-18-20-32(21-19-31)41-35(39)34-36-24-30(25-37-34)33(38)23-28(5)29(6)27(4)8-2/h18-21,24-29H,7-17,22-23H2,1-6H3. The molecule has 0 saturated carbocycles. The van der Waals surface area contributed by atoms with Crippen LogP contribution in [-0.2, 0) is 0 Å². The van der Waals surface area contributed by atoms with Gasteiger partial charge in [0.2, 0.25) is 5.82 Å². The topological polar surface area (TPSA) is 78.4 Å². The zero-order valence-electron chi connectivity index (χ0n) is 26.5. The molecule has 228 valence electrons. The van der Waals surface area contributed by atoms with Crippen molar-refractivity contribution in [1.82, 2.24) is 9.97 Å². The molecule has 0 aliphatic heterocycles. The highest BCUT2D eigenvalue weighted by atomic mass is 16.5. The average Bonchev–Trinajstić information content (AvgIpc) is 2.99. The van der Waals surface area contributed by atoms with Gasteiger partial charge in [-0.2, -0.15) is 0 Å². The van der Waals surface area contributed by atoms with Gasteiger partial charge < -0.3 is 9.47 Å². The van der Waals surface area contributed by atoms with Gasteiger partial charge in [-0.1, -0.05) is 106 Å². The highest BCUT2D eigenvalue weighted by molar-refractivity contribution is 5.96. The second-order valence-corrected chi connectivity index (χ2v) is 12.0. The van der Waals surface area contributed by atoms with Gasteiger partial charge in [-0.25, -0.2) is 14.8 Å². The number of hydrogen-bond acceptors (Lipinski definition) is 6. The number of aromatic nitrogens is 2. The lowest BCUT2D eigenvalue weighted by Gasteiger charge is -2.24. The van der Waals surface area contributed by atoms with Crippen LogP contribution in [0.25, 0.3) is 0 Å².